The summed E-state index contributed by atoms with van der Waals surface area (Å²) in [5.41, 5.74) is 0. The molecule has 5 nitrogen and oxygen atoms in total. The number of ether oxygens (including phenoxy) is 3. The zero-order valence-corrected chi connectivity index (χ0v) is 21.5. The molecule has 5 heteroatoms. The third-order valence-electron chi connectivity index (χ3n) is 5.45. The lowest BCUT2D eigenvalue weighted by Gasteiger charge is -2.26. The second kappa shape index (κ2) is 23.0. The van der Waals surface area contributed by atoms with Crippen LogP contribution in [0.3, 0.4) is 0 Å². The Balaban J connectivity index is 3.10. The van der Waals surface area contributed by atoms with Crippen molar-refractivity contribution >= 4 is 0 Å². The fraction of sp³-hybridized carbons (Fsp3) is 1.00. The van der Waals surface area contributed by atoms with Crippen LogP contribution >= 0.6 is 0 Å². The first kappa shape index (κ1) is 30.8. The highest BCUT2D eigenvalue weighted by Crippen LogP contribution is 2.12. The molecule has 1 N–H and O–H groups in total. The first-order valence-corrected chi connectivity index (χ1v) is 13.2. The number of likely N-dealkylation sites (N-methyl/N-ethyl adjacent to an activating group) is 1. The van der Waals surface area contributed by atoms with E-state index >= 15 is 0 Å². The fourth-order valence-corrected chi connectivity index (χ4v) is 3.74. The van der Waals surface area contributed by atoms with E-state index in [0.717, 1.165) is 17.5 Å². The number of aliphatic hydroxyl groups excluding tert-OH is 1. The Bertz CT molecular complexity index is 347. The van der Waals surface area contributed by atoms with Crippen LogP contribution in [0.15, 0.2) is 0 Å². The second-order valence-corrected chi connectivity index (χ2v) is 10.0. The average molecular weight is 447 g/mol. The number of rotatable bonds is 25. The maximum Gasteiger partial charge on any atom is 0.126 e. The molecule has 0 amide bonds. The van der Waals surface area contributed by atoms with Gasteiger partial charge in [-0.05, 0) is 6.42 Å². The molecular weight excluding hydrogens is 390 g/mol. The summed E-state index contributed by atoms with van der Waals surface area (Å²) in [6.07, 6.45) is 19.0. The molecule has 1 atom stereocenters. The first-order valence-electron chi connectivity index (χ1n) is 13.2. The number of quaternary nitrogens is 1. The Labute approximate surface area is 194 Å². The molecule has 0 aliphatic carbocycles. The lowest BCUT2D eigenvalue weighted by molar-refractivity contribution is -0.873. The monoisotopic (exact) mass is 446 g/mol. The van der Waals surface area contributed by atoms with Gasteiger partial charge in [0.25, 0.3) is 0 Å². The molecule has 0 aliphatic rings. The molecule has 0 heterocycles. The molecule has 31 heavy (non-hydrogen) atoms. The molecule has 0 aromatic rings. The molecule has 0 radical (unpaired) electrons. The van der Waals surface area contributed by atoms with Crippen LogP contribution in [-0.2, 0) is 14.2 Å². The maximum absolute atomic E-state index is 9.85. The first-order chi connectivity index (χ1) is 15.0. The number of nitrogens with zero attached hydrogens (tertiary/aromatic N) is 1. The van der Waals surface area contributed by atoms with Crippen LogP contribution in [0.2, 0.25) is 0 Å². The molecule has 1 unspecified atom stereocenters. The standard InChI is InChI=1S/C26H56NO4/c1-5-6-7-8-9-10-11-12-13-14-15-16-17-18-19-29-20-21-30-22-23-31-25-26(28)24-27(2,3)4/h26,28H,5-25H2,1-4H3/q+1. The summed E-state index contributed by atoms with van der Waals surface area (Å²) in [6, 6.07) is 0. The average Bonchev–Trinajstić information content (AvgIpc) is 2.70. The van der Waals surface area contributed by atoms with Crippen LogP contribution in [0.25, 0.3) is 0 Å². The molecule has 0 rings (SSSR count). The van der Waals surface area contributed by atoms with Crippen LogP contribution in [0.1, 0.15) is 96.8 Å². The van der Waals surface area contributed by atoms with Gasteiger partial charge in [-0.3, -0.25) is 0 Å². The molecule has 0 aromatic heterocycles. The van der Waals surface area contributed by atoms with E-state index < -0.39 is 6.10 Å². The van der Waals surface area contributed by atoms with Crippen LogP contribution < -0.4 is 0 Å². The van der Waals surface area contributed by atoms with E-state index in [9.17, 15) is 5.11 Å². The van der Waals surface area contributed by atoms with Crippen molar-refractivity contribution in [3.63, 3.8) is 0 Å². The van der Waals surface area contributed by atoms with E-state index in [1.807, 2.05) is 0 Å². The SMILES string of the molecule is CCCCCCCCCCCCCCCCOCCOCCOCC(O)C[N+](C)(C)C. The fourth-order valence-electron chi connectivity index (χ4n) is 3.74. The van der Waals surface area contributed by atoms with Gasteiger partial charge in [-0.2, -0.15) is 0 Å². The van der Waals surface area contributed by atoms with Crippen molar-refractivity contribution in [3.05, 3.63) is 0 Å². The minimum absolute atomic E-state index is 0.370. The summed E-state index contributed by atoms with van der Waals surface area (Å²) < 4.78 is 17.3. The van der Waals surface area contributed by atoms with Crippen molar-refractivity contribution in [2.45, 2.75) is 103 Å². The molecule has 188 valence electrons. The largest absolute Gasteiger partial charge is 0.385 e. The third kappa shape index (κ3) is 27.8. The molecule has 0 aliphatic heterocycles. The number of unbranched alkanes of at least 4 members (excludes halogenated alkanes) is 13. The molecular formula is C26H56NO4+. The summed E-state index contributed by atoms with van der Waals surface area (Å²) in [4.78, 5) is 0. The summed E-state index contributed by atoms with van der Waals surface area (Å²) in [5.74, 6) is 0. The van der Waals surface area contributed by atoms with Gasteiger partial charge >= 0.3 is 0 Å². The Hall–Kier alpha value is -0.200. The van der Waals surface area contributed by atoms with E-state index in [0.29, 0.717) is 39.6 Å². The smallest absolute Gasteiger partial charge is 0.126 e. The van der Waals surface area contributed by atoms with Crippen LogP contribution in [0, 0.1) is 0 Å². The Kier molecular flexibility index (Phi) is 22.8. The van der Waals surface area contributed by atoms with Gasteiger partial charge in [0, 0.05) is 6.61 Å². The van der Waals surface area contributed by atoms with Crippen molar-refractivity contribution < 1.29 is 23.8 Å². The normalized spacial score (nSPS) is 13.1. The molecule has 0 bridgehead atoms. The van der Waals surface area contributed by atoms with Crippen molar-refractivity contribution in [1.29, 1.82) is 0 Å². The summed E-state index contributed by atoms with van der Waals surface area (Å²) in [5, 5.41) is 9.85. The molecule has 0 spiro atoms. The number of hydrogen-bond acceptors (Lipinski definition) is 4. The number of aliphatic hydroxyl groups is 1. The molecule has 0 saturated carbocycles. The predicted molar refractivity (Wildman–Crippen MR) is 132 cm³/mol. The van der Waals surface area contributed by atoms with Gasteiger partial charge in [0.05, 0.1) is 54.2 Å². The Morgan fingerprint density at radius 1 is 0.548 bits per heavy atom. The highest BCUT2D eigenvalue weighted by molar-refractivity contribution is 4.51. The highest BCUT2D eigenvalue weighted by atomic mass is 16.5. The highest BCUT2D eigenvalue weighted by Gasteiger charge is 2.15. The van der Waals surface area contributed by atoms with Gasteiger partial charge in [0.1, 0.15) is 12.6 Å². The number of hydrogen-bond donors (Lipinski definition) is 1. The zero-order chi connectivity index (χ0) is 23.0. The van der Waals surface area contributed by atoms with E-state index in [1.165, 1.54) is 83.5 Å². The van der Waals surface area contributed by atoms with Crippen LogP contribution in [0.4, 0.5) is 0 Å². The lowest BCUT2D eigenvalue weighted by atomic mass is 10.0. The minimum atomic E-state index is -0.423. The van der Waals surface area contributed by atoms with Crippen LogP contribution in [0.5, 0.6) is 0 Å². The van der Waals surface area contributed by atoms with Crippen molar-refractivity contribution in [1.82, 2.24) is 0 Å². The lowest BCUT2D eigenvalue weighted by Crippen LogP contribution is -2.43. The van der Waals surface area contributed by atoms with E-state index in [2.05, 4.69) is 28.1 Å². The molecule has 0 saturated heterocycles. The van der Waals surface area contributed by atoms with Gasteiger partial charge < -0.3 is 23.8 Å². The van der Waals surface area contributed by atoms with Crippen molar-refractivity contribution in [2.24, 2.45) is 0 Å². The minimum Gasteiger partial charge on any atom is -0.385 e. The van der Waals surface area contributed by atoms with Crippen molar-refractivity contribution in [2.75, 3.05) is 67.3 Å². The third-order valence-corrected chi connectivity index (χ3v) is 5.45. The van der Waals surface area contributed by atoms with Crippen molar-refractivity contribution in [3.8, 4) is 0 Å². The van der Waals surface area contributed by atoms with Gasteiger partial charge in [0.2, 0.25) is 0 Å². The quantitative estimate of drug-likeness (QED) is 0.147. The predicted octanol–water partition coefficient (Wildman–Crippen LogP) is 5.58. The summed E-state index contributed by atoms with van der Waals surface area (Å²) in [6.45, 7) is 6.53. The maximum atomic E-state index is 9.85. The second-order valence-electron chi connectivity index (χ2n) is 10.0. The summed E-state index contributed by atoms with van der Waals surface area (Å²) in [7, 11) is 6.18. The molecule has 0 aromatic carbocycles. The van der Waals surface area contributed by atoms with E-state index in [-0.39, 0.29) is 0 Å². The summed E-state index contributed by atoms with van der Waals surface area (Å²) >= 11 is 0. The zero-order valence-electron chi connectivity index (χ0n) is 21.5. The molecule has 0 fully saturated rings. The topological polar surface area (TPSA) is 47.9 Å². The Morgan fingerprint density at radius 2 is 0.935 bits per heavy atom. The van der Waals surface area contributed by atoms with E-state index in [1.54, 1.807) is 0 Å². The Morgan fingerprint density at radius 3 is 1.39 bits per heavy atom. The van der Waals surface area contributed by atoms with Gasteiger partial charge in [-0.1, -0.05) is 90.4 Å². The van der Waals surface area contributed by atoms with Gasteiger partial charge in [0.15, 0.2) is 0 Å². The van der Waals surface area contributed by atoms with Gasteiger partial charge in [-0.25, -0.2) is 0 Å². The van der Waals surface area contributed by atoms with Gasteiger partial charge in [-0.15, -0.1) is 0 Å². The van der Waals surface area contributed by atoms with E-state index in [4.69, 9.17) is 14.2 Å². The van der Waals surface area contributed by atoms with Crippen LogP contribution in [-0.4, -0.2) is 83.0 Å².